The van der Waals surface area contributed by atoms with Gasteiger partial charge in [-0.15, -0.1) is 0 Å². The summed E-state index contributed by atoms with van der Waals surface area (Å²) >= 11 is 0. The largest absolute Gasteiger partial charge is 0.756 e. The SMILES string of the molecule is CC/C=C\C/C=C\C/C=C\C/C=C\C/C=C\C/C=C\C/C=C\CCCCCCCCCCCCCC(=O)NC(COP(=O)([O-])OCC[N+](C)(C)C)C(O)/C=C/CCCCCCCCCCCCCCCCCCCCCCCCCCC. The lowest BCUT2D eigenvalue weighted by molar-refractivity contribution is -0.870. The van der Waals surface area contributed by atoms with E-state index in [9.17, 15) is 19.4 Å². The first kappa shape index (κ1) is 79.4. The third-order valence-corrected chi connectivity index (χ3v) is 16.3. The number of unbranched alkanes of at least 4 members (excludes halogenated alkanes) is 36. The molecular weight excluding hydrogens is 1030 g/mol. The van der Waals surface area contributed by atoms with Gasteiger partial charge in [0.25, 0.3) is 7.82 Å². The van der Waals surface area contributed by atoms with Crippen molar-refractivity contribution < 1.29 is 32.9 Å². The Kier molecular flexibility index (Phi) is 61.0. The minimum Gasteiger partial charge on any atom is -0.756 e. The Labute approximate surface area is 509 Å². The van der Waals surface area contributed by atoms with Crippen LogP contribution >= 0.6 is 7.82 Å². The third-order valence-electron chi connectivity index (χ3n) is 15.3. The number of carbonyl (C=O) groups excluding carboxylic acids is 1. The van der Waals surface area contributed by atoms with Gasteiger partial charge in [0.2, 0.25) is 5.91 Å². The quantitative estimate of drug-likeness (QED) is 0.0272. The number of amides is 1. The van der Waals surface area contributed by atoms with Crippen molar-refractivity contribution in [2.24, 2.45) is 0 Å². The first-order valence-electron chi connectivity index (χ1n) is 34.6. The summed E-state index contributed by atoms with van der Waals surface area (Å²) in [7, 11) is 1.26. The highest BCUT2D eigenvalue weighted by Crippen LogP contribution is 2.38. The lowest BCUT2D eigenvalue weighted by Gasteiger charge is -2.29. The van der Waals surface area contributed by atoms with Gasteiger partial charge in [0.05, 0.1) is 39.9 Å². The number of likely N-dealkylation sites (N-methyl/N-ethyl adjacent to an activating group) is 1. The lowest BCUT2D eigenvalue weighted by atomic mass is 10.0. The van der Waals surface area contributed by atoms with E-state index in [0.717, 1.165) is 83.5 Å². The van der Waals surface area contributed by atoms with Crippen LogP contribution in [0.3, 0.4) is 0 Å². The van der Waals surface area contributed by atoms with Gasteiger partial charge in [-0.1, -0.05) is 323 Å². The Hall–Kier alpha value is -2.58. The number of hydrogen-bond donors (Lipinski definition) is 2. The summed E-state index contributed by atoms with van der Waals surface area (Å²) < 4.78 is 23.5. The predicted octanol–water partition coefficient (Wildman–Crippen LogP) is 21.5. The molecule has 8 nitrogen and oxygen atoms in total. The lowest BCUT2D eigenvalue weighted by Crippen LogP contribution is -2.45. The Morgan fingerprint density at radius 2 is 0.744 bits per heavy atom. The molecule has 1 amide bonds. The molecule has 0 aliphatic heterocycles. The molecule has 0 saturated carbocycles. The molecule has 9 heteroatoms. The van der Waals surface area contributed by atoms with E-state index in [2.05, 4.69) is 104 Å². The van der Waals surface area contributed by atoms with E-state index in [4.69, 9.17) is 9.05 Å². The zero-order valence-corrected chi connectivity index (χ0v) is 55.3. The first-order chi connectivity index (χ1) is 40.0. The highest BCUT2D eigenvalue weighted by molar-refractivity contribution is 7.45. The van der Waals surface area contributed by atoms with Gasteiger partial charge in [0.15, 0.2) is 0 Å². The monoisotopic (exact) mass is 1160 g/mol. The average Bonchev–Trinajstić information content (AvgIpc) is 3.47. The Balaban J connectivity index is 4.12. The minimum atomic E-state index is -4.61. The summed E-state index contributed by atoms with van der Waals surface area (Å²) in [6.07, 6.45) is 90.9. The number of phosphoric ester groups is 1. The maximum Gasteiger partial charge on any atom is 0.268 e. The number of rotatable bonds is 63. The predicted molar refractivity (Wildman–Crippen MR) is 357 cm³/mol. The Morgan fingerprint density at radius 3 is 1.09 bits per heavy atom. The number of hydrogen-bond acceptors (Lipinski definition) is 6. The van der Waals surface area contributed by atoms with E-state index in [1.165, 1.54) is 205 Å². The maximum absolute atomic E-state index is 13.0. The van der Waals surface area contributed by atoms with E-state index in [-0.39, 0.29) is 19.1 Å². The third kappa shape index (κ3) is 65.0. The zero-order chi connectivity index (χ0) is 59.8. The van der Waals surface area contributed by atoms with Gasteiger partial charge in [0.1, 0.15) is 13.2 Å². The van der Waals surface area contributed by atoms with Gasteiger partial charge in [-0.05, 0) is 77.0 Å². The number of nitrogens with one attached hydrogen (secondary N) is 1. The van der Waals surface area contributed by atoms with Gasteiger partial charge >= 0.3 is 0 Å². The van der Waals surface area contributed by atoms with Crippen LogP contribution in [0.25, 0.3) is 0 Å². The normalized spacial score (nSPS) is 14.3. The number of nitrogens with zero attached hydrogens (tertiary/aromatic N) is 1. The maximum atomic E-state index is 13.0. The second-order valence-corrected chi connectivity index (χ2v) is 25.9. The molecular formula is C73H133N2O6P. The van der Waals surface area contributed by atoms with Gasteiger partial charge in [-0.2, -0.15) is 0 Å². The molecule has 2 N–H and O–H groups in total. The second kappa shape index (κ2) is 62.9. The Bertz CT molecular complexity index is 1660. The molecule has 0 aliphatic carbocycles. The number of aliphatic hydroxyl groups is 1. The molecule has 0 fully saturated rings. The fourth-order valence-electron chi connectivity index (χ4n) is 9.96. The fraction of sp³-hybridized carbons (Fsp3) is 0.767. The molecule has 0 heterocycles. The average molecular weight is 1170 g/mol. The van der Waals surface area contributed by atoms with Crippen molar-refractivity contribution in [1.82, 2.24) is 5.32 Å². The number of quaternary nitrogens is 1. The standard InChI is InChI=1S/C73H133N2O6P/c1-6-8-10-12-14-16-18-20-22-24-26-28-30-32-34-35-36-37-38-39-41-43-45-47-49-51-53-55-57-59-61-63-65-67-73(77)74-71(70-81-82(78,79)80-69-68-75(3,4)5)72(76)66-64-62-60-58-56-54-52-50-48-46-44-42-40-33-31-29-27-25-23-21-19-17-15-13-11-9-7-2/h8,10,14,16,20,22,26,28,32,34,36-37,39,41,64,66,71-72,76H,6-7,9,11-13,15,17-19,21,23-25,27,29-31,33,35,38,40,42-63,65,67-70H2,1-5H3,(H-,74,77,78,79)/b10-8-,16-14-,22-20-,28-26-,34-32-,37-36-,41-39-,66-64+. The smallest absolute Gasteiger partial charge is 0.268 e. The second-order valence-electron chi connectivity index (χ2n) is 24.5. The van der Waals surface area contributed by atoms with Crippen molar-refractivity contribution in [2.45, 2.75) is 321 Å². The van der Waals surface area contributed by atoms with Crippen LogP contribution in [0.1, 0.15) is 309 Å². The van der Waals surface area contributed by atoms with Gasteiger partial charge in [-0.3, -0.25) is 9.36 Å². The van der Waals surface area contributed by atoms with Crippen LogP contribution in [-0.2, 0) is 18.4 Å². The van der Waals surface area contributed by atoms with Crippen LogP contribution in [-0.4, -0.2) is 68.5 Å². The molecule has 476 valence electrons. The van der Waals surface area contributed by atoms with E-state index in [0.29, 0.717) is 17.4 Å². The highest BCUT2D eigenvalue weighted by Gasteiger charge is 2.23. The molecule has 0 aromatic heterocycles. The van der Waals surface area contributed by atoms with Gasteiger partial charge < -0.3 is 28.8 Å². The van der Waals surface area contributed by atoms with Crippen LogP contribution in [0.15, 0.2) is 97.2 Å². The number of phosphoric acid groups is 1. The molecule has 3 atom stereocenters. The Morgan fingerprint density at radius 1 is 0.439 bits per heavy atom. The molecule has 0 aliphatic rings. The summed E-state index contributed by atoms with van der Waals surface area (Å²) in [6.45, 7) is 4.56. The molecule has 82 heavy (non-hydrogen) atoms. The number of allylic oxidation sites excluding steroid dienone is 15. The zero-order valence-electron chi connectivity index (χ0n) is 54.4. The molecule has 0 spiro atoms. The van der Waals surface area contributed by atoms with Crippen molar-refractivity contribution >= 4 is 13.7 Å². The molecule has 0 rings (SSSR count). The van der Waals surface area contributed by atoms with Gasteiger partial charge in [0, 0.05) is 6.42 Å². The molecule has 0 radical (unpaired) electrons. The first-order valence-corrected chi connectivity index (χ1v) is 36.1. The molecule has 0 aromatic rings. The topological polar surface area (TPSA) is 108 Å². The van der Waals surface area contributed by atoms with Crippen molar-refractivity contribution in [1.29, 1.82) is 0 Å². The van der Waals surface area contributed by atoms with Crippen LogP contribution in [0.5, 0.6) is 0 Å². The van der Waals surface area contributed by atoms with Crippen molar-refractivity contribution in [3.05, 3.63) is 97.2 Å². The molecule has 0 aromatic carbocycles. The summed E-state index contributed by atoms with van der Waals surface area (Å²) in [5, 5.41) is 14.0. The van der Waals surface area contributed by atoms with Crippen molar-refractivity contribution in [3.63, 3.8) is 0 Å². The minimum absolute atomic E-state index is 0.00485. The molecule has 0 bridgehead atoms. The molecule has 0 saturated heterocycles. The van der Waals surface area contributed by atoms with Gasteiger partial charge in [-0.25, -0.2) is 0 Å². The van der Waals surface area contributed by atoms with Crippen molar-refractivity contribution in [2.75, 3.05) is 40.9 Å². The number of carbonyl (C=O) groups is 1. The van der Waals surface area contributed by atoms with Crippen LogP contribution in [0, 0.1) is 0 Å². The van der Waals surface area contributed by atoms with Crippen LogP contribution in [0.2, 0.25) is 0 Å². The summed E-state index contributed by atoms with van der Waals surface area (Å²) in [5.74, 6) is -0.201. The fourth-order valence-corrected chi connectivity index (χ4v) is 10.7. The van der Waals surface area contributed by atoms with Crippen LogP contribution < -0.4 is 10.2 Å². The highest BCUT2D eigenvalue weighted by atomic mass is 31.2. The van der Waals surface area contributed by atoms with Crippen LogP contribution in [0.4, 0.5) is 0 Å². The van der Waals surface area contributed by atoms with E-state index >= 15 is 0 Å². The summed E-state index contributed by atoms with van der Waals surface area (Å²) in [5.41, 5.74) is 0. The van der Waals surface area contributed by atoms with Crippen molar-refractivity contribution in [3.8, 4) is 0 Å². The van der Waals surface area contributed by atoms with E-state index < -0.39 is 20.0 Å². The summed E-state index contributed by atoms with van der Waals surface area (Å²) in [4.78, 5) is 25.6. The summed E-state index contributed by atoms with van der Waals surface area (Å²) in [6, 6.07) is -0.896. The molecule has 3 unspecified atom stereocenters. The van der Waals surface area contributed by atoms with E-state index in [1.807, 2.05) is 27.2 Å². The number of aliphatic hydroxyl groups excluding tert-OH is 1. The van der Waals surface area contributed by atoms with E-state index in [1.54, 1.807) is 6.08 Å².